The Kier molecular flexibility index (Phi) is 6.18. The highest BCUT2D eigenvalue weighted by Gasteiger charge is 2.35. The highest BCUT2D eigenvalue weighted by molar-refractivity contribution is 7.89. The van der Waals surface area contributed by atoms with Gasteiger partial charge < -0.3 is 15.0 Å². The zero-order valence-corrected chi connectivity index (χ0v) is 15.5. The molecule has 1 heterocycles. The number of aryl methyl sites for hydroxylation is 1. The van der Waals surface area contributed by atoms with E-state index in [0.717, 1.165) is 4.31 Å². The van der Waals surface area contributed by atoms with Gasteiger partial charge in [-0.25, -0.2) is 12.7 Å². The molecule has 0 aromatic carbocycles. The van der Waals surface area contributed by atoms with Gasteiger partial charge in [0.2, 0.25) is 10.0 Å². The smallest absolute Gasteiger partial charge is 0.311 e. The molecule has 1 amide bonds. The van der Waals surface area contributed by atoms with Crippen LogP contribution < -0.4 is 5.32 Å². The molecule has 0 saturated carbocycles. The number of nitrogens with zero attached hydrogens (tertiary/aromatic N) is 2. The number of amides is 1. The van der Waals surface area contributed by atoms with Crippen molar-refractivity contribution in [1.29, 1.82) is 0 Å². The van der Waals surface area contributed by atoms with Gasteiger partial charge in [-0.2, -0.15) is 0 Å². The first-order chi connectivity index (χ1) is 11.0. The van der Waals surface area contributed by atoms with Crippen LogP contribution >= 0.6 is 0 Å². The Labute approximate surface area is 142 Å². The number of carboxylic acid groups (broad SMARTS) is 1. The number of hydrogen-bond donors (Lipinski definition) is 2. The molecular weight excluding hydrogens is 334 g/mol. The Bertz CT molecular complexity index is 717. The van der Waals surface area contributed by atoms with Gasteiger partial charge in [-0.1, -0.05) is 13.8 Å². The second-order valence-electron chi connectivity index (χ2n) is 5.93. The maximum Gasteiger partial charge on any atom is 0.311 e. The minimum absolute atomic E-state index is 0.00984. The minimum Gasteiger partial charge on any atom is -0.481 e. The topological polar surface area (TPSA) is 109 Å². The molecule has 136 valence electrons. The number of carboxylic acids is 1. The van der Waals surface area contributed by atoms with E-state index in [-0.39, 0.29) is 17.1 Å². The lowest BCUT2D eigenvalue weighted by Gasteiger charge is -2.26. The van der Waals surface area contributed by atoms with Crippen LogP contribution in [0.2, 0.25) is 0 Å². The molecule has 8 nitrogen and oxygen atoms in total. The summed E-state index contributed by atoms with van der Waals surface area (Å²) in [7, 11) is 0.740. The summed E-state index contributed by atoms with van der Waals surface area (Å²) in [4.78, 5) is 23.8. The van der Waals surface area contributed by atoms with Gasteiger partial charge in [0, 0.05) is 33.9 Å². The summed E-state index contributed by atoms with van der Waals surface area (Å²) in [5.41, 5.74) is -0.874. The van der Waals surface area contributed by atoms with E-state index in [1.165, 1.54) is 30.9 Å². The van der Waals surface area contributed by atoms with Crippen molar-refractivity contribution in [3.05, 3.63) is 18.0 Å². The number of hydrogen-bond acceptors (Lipinski definition) is 4. The highest BCUT2D eigenvalue weighted by Crippen LogP contribution is 2.26. The van der Waals surface area contributed by atoms with Crippen LogP contribution in [0.4, 0.5) is 0 Å². The summed E-state index contributed by atoms with van der Waals surface area (Å²) in [5.74, 6) is -1.47. The zero-order valence-electron chi connectivity index (χ0n) is 14.7. The number of aromatic nitrogens is 1. The second kappa shape index (κ2) is 7.35. The number of sulfonamides is 1. The molecule has 0 atom stereocenters. The van der Waals surface area contributed by atoms with E-state index in [1.807, 2.05) is 0 Å². The van der Waals surface area contributed by atoms with Crippen molar-refractivity contribution in [1.82, 2.24) is 14.2 Å². The van der Waals surface area contributed by atoms with Crippen molar-refractivity contribution in [2.45, 2.75) is 31.6 Å². The average Bonchev–Trinajstić information content (AvgIpc) is 2.90. The zero-order chi connectivity index (χ0) is 18.7. The van der Waals surface area contributed by atoms with Gasteiger partial charge in [0.25, 0.3) is 5.91 Å². The van der Waals surface area contributed by atoms with Crippen molar-refractivity contribution in [3.63, 3.8) is 0 Å². The van der Waals surface area contributed by atoms with Crippen molar-refractivity contribution in [2.24, 2.45) is 12.5 Å². The molecule has 24 heavy (non-hydrogen) atoms. The average molecular weight is 359 g/mol. The third kappa shape index (κ3) is 3.78. The van der Waals surface area contributed by atoms with Crippen molar-refractivity contribution >= 4 is 21.9 Å². The van der Waals surface area contributed by atoms with Crippen molar-refractivity contribution < 1.29 is 23.1 Å². The first-order valence-corrected chi connectivity index (χ1v) is 9.06. The van der Waals surface area contributed by atoms with Gasteiger partial charge in [-0.3, -0.25) is 9.59 Å². The van der Waals surface area contributed by atoms with E-state index in [9.17, 15) is 23.1 Å². The normalized spacial score (nSPS) is 12.4. The summed E-state index contributed by atoms with van der Waals surface area (Å²) in [6.45, 7) is 3.50. The van der Waals surface area contributed by atoms with Crippen LogP contribution in [0.1, 0.15) is 37.2 Å². The van der Waals surface area contributed by atoms with Crippen molar-refractivity contribution in [2.75, 3.05) is 20.6 Å². The molecule has 0 aliphatic carbocycles. The molecule has 0 aliphatic heterocycles. The van der Waals surface area contributed by atoms with E-state index in [2.05, 4.69) is 5.32 Å². The van der Waals surface area contributed by atoms with Gasteiger partial charge in [-0.05, 0) is 18.9 Å². The number of carbonyl (C=O) groups excluding carboxylic acids is 1. The van der Waals surface area contributed by atoms with Crippen LogP contribution in [-0.4, -0.2) is 54.9 Å². The number of aliphatic carboxylic acids is 1. The minimum atomic E-state index is -3.64. The Hall–Kier alpha value is -1.87. The highest BCUT2D eigenvalue weighted by atomic mass is 32.2. The SMILES string of the molecule is CCC(CC)(CNC(=O)c1cc(S(=O)(=O)N(C)C)cn1C)C(=O)O. The molecule has 1 aromatic heterocycles. The van der Waals surface area contributed by atoms with Gasteiger partial charge >= 0.3 is 5.97 Å². The predicted molar refractivity (Wildman–Crippen MR) is 89.3 cm³/mol. The standard InChI is InChI=1S/C15H25N3O5S/c1-6-15(7-2,14(20)21)10-16-13(19)12-8-11(9-18(12)5)24(22,23)17(3)4/h8-9H,6-7,10H2,1-5H3,(H,16,19)(H,20,21). The first-order valence-electron chi connectivity index (χ1n) is 7.62. The Morgan fingerprint density at radius 2 is 1.83 bits per heavy atom. The number of carbonyl (C=O) groups is 2. The van der Waals surface area contributed by atoms with E-state index < -0.39 is 27.3 Å². The fourth-order valence-corrected chi connectivity index (χ4v) is 3.30. The van der Waals surface area contributed by atoms with Gasteiger partial charge in [0.05, 0.1) is 5.41 Å². The molecule has 0 unspecified atom stereocenters. The van der Waals surface area contributed by atoms with Gasteiger partial charge in [0.1, 0.15) is 10.6 Å². The van der Waals surface area contributed by atoms with E-state index in [1.54, 1.807) is 20.9 Å². The van der Waals surface area contributed by atoms with Crippen LogP contribution in [0, 0.1) is 5.41 Å². The van der Waals surface area contributed by atoms with Gasteiger partial charge in [-0.15, -0.1) is 0 Å². The first kappa shape index (κ1) is 20.2. The maximum atomic E-state index is 12.3. The fraction of sp³-hybridized carbons (Fsp3) is 0.600. The predicted octanol–water partition coefficient (Wildman–Crippen LogP) is 0.896. The molecule has 0 spiro atoms. The van der Waals surface area contributed by atoms with Crippen LogP contribution in [0.15, 0.2) is 17.2 Å². The lowest BCUT2D eigenvalue weighted by molar-refractivity contribution is -0.149. The van der Waals surface area contributed by atoms with Gasteiger partial charge in [0.15, 0.2) is 0 Å². The molecule has 0 aliphatic rings. The monoisotopic (exact) mass is 359 g/mol. The number of nitrogens with one attached hydrogen (secondary N) is 1. The molecule has 0 radical (unpaired) electrons. The quantitative estimate of drug-likeness (QED) is 0.717. The molecule has 0 bridgehead atoms. The second-order valence-corrected chi connectivity index (χ2v) is 8.09. The van der Waals surface area contributed by atoms with Crippen molar-refractivity contribution in [3.8, 4) is 0 Å². The molecule has 1 aromatic rings. The van der Waals surface area contributed by atoms with Crippen LogP contribution in [0.3, 0.4) is 0 Å². The van der Waals surface area contributed by atoms with E-state index >= 15 is 0 Å². The molecule has 9 heteroatoms. The van der Waals surface area contributed by atoms with Crippen LogP contribution in [0.5, 0.6) is 0 Å². The Balaban J connectivity index is 3.02. The molecule has 2 N–H and O–H groups in total. The lowest BCUT2D eigenvalue weighted by atomic mass is 9.82. The Morgan fingerprint density at radius 1 is 1.29 bits per heavy atom. The van der Waals surface area contributed by atoms with E-state index in [0.29, 0.717) is 12.8 Å². The maximum absolute atomic E-state index is 12.3. The molecule has 0 fully saturated rings. The lowest BCUT2D eigenvalue weighted by Crippen LogP contribution is -2.42. The third-order valence-electron chi connectivity index (χ3n) is 4.39. The summed E-state index contributed by atoms with van der Waals surface area (Å²) in [5, 5.41) is 12.0. The van der Waals surface area contributed by atoms with Crippen LogP contribution in [0.25, 0.3) is 0 Å². The van der Waals surface area contributed by atoms with Crippen LogP contribution in [-0.2, 0) is 21.9 Å². The summed E-state index contributed by atoms with van der Waals surface area (Å²) in [6.07, 6.45) is 2.12. The molecular formula is C15H25N3O5S. The third-order valence-corrected chi connectivity index (χ3v) is 6.17. The largest absolute Gasteiger partial charge is 0.481 e. The summed E-state index contributed by atoms with van der Waals surface area (Å²) < 4.78 is 26.7. The summed E-state index contributed by atoms with van der Waals surface area (Å²) in [6, 6.07) is 1.28. The van der Waals surface area contributed by atoms with E-state index in [4.69, 9.17) is 0 Å². The number of rotatable bonds is 8. The molecule has 1 rings (SSSR count). The summed E-state index contributed by atoms with van der Waals surface area (Å²) >= 11 is 0. The molecule has 0 saturated heterocycles. The Morgan fingerprint density at radius 3 is 2.25 bits per heavy atom. The fourth-order valence-electron chi connectivity index (χ4n) is 2.33.